The lowest BCUT2D eigenvalue weighted by molar-refractivity contribution is -0.140. The van der Waals surface area contributed by atoms with Crippen molar-refractivity contribution in [2.45, 2.75) is 18.0 Å². The summed E-state index contributed by atoms with van der Waals surface area (Å²) in [5.41, 5.74) is 1.63. The molecule has 1 heterocycles. The van der Waals surface area contributed by atoms with Gasteiger partial charge in [-0.05, 0) is 6.92 Å². The minimum atomic E-state index is -5.23. The lowest BCUT2D eigenvalue weighted by Crippen LogP contribution is -2.24. The first-order chi connectivity index (χ1) is 12.4. The number of aromatic nitrogens is 2. The number of halogens is 3. The molecule has 0 saturated heterocycles. The van der Waals surface area contributed by atoms with E-state index in [0.717, 1.165) is 0 Å². The van der Waals surface area contributed by atoms with Crippen molar-refractivity contribution in [2.24, 2.45) is 5.14 Å². The van der Waals surface area contributed by atoms with E-state index < -0.39 is 43.7 Å². The number of nitrogens with one attached hydrogen (secondary N) is 1. The molecule has 0 radical (unpaired) electrons. The Morgan fingerprint density at radius 3 is 2.30 bits per heavy atom. The minimum absolute atomic E-state index is 0.0740. The molecule has 1 aromatic heterocycles. The van der Waals surface area contributed by atoms with Crippen molar-refractivity contribution >= 4 is 32.5 Å². The number of H-pyrrole nitrogens is 1. The number of aryl methyl sites for hydroxylation is 1. The van der Waals surface area contributed by atoms with Gasteiger partial charge in [0.15, 0.2) is 5.78 Å². The second-order valence-corrected chi connectivity index (χ2v) is 7.27. The van der Waals surface area contributed by atoms with Crippen LogP contribution in [0.3, 0.4) is 0 Å². The van der Waals surface area contributed by atoms with E-state index in [1.807, 2.05) is 0 Å². The summed E-state index contributed by atoms with van der Waals surface area (Å²) < 4.78 is 65.5. The number of aromatic amines is 1. The number of ketones is 1. The summed E-state index contributed by atoms with van der Waals surface area (Å²) in [7, 11) is -4.91. The minimum Gasteiger partial charge on any atom is -0.396 e. The van der Waals surface area contributed by atoms with Crippen LogP contribution < -0.4 is 10.9 Å². The number of nitrogens with zero attached hydrogens (tertiary/aromatic N) is 1. The maximum absolute atomic E-state index is 13.9. The summed E-state index contributed by atoms with van der Waals surface area (Å²) in [5, 5.41) is 5.01. The Bertz CT molecular complexity index is 1170. The summed E-state index contributed by atoms with van der Waals surface area (Å²) in [6, 6.07) is 7.12. The Hall–Kier alpha value is -2.92. The van der Waals surface area contributed by atoms with Crippen LogP contribution in [0.5, 0.6) is 0 Å². The van der Waals surface area contributed by atoms with Crippen molar-refractivity contribution < 1.29 is 26.4 Å². The highest BCUT2D eigenvalue weighted by atomic mass is 32.2. The number of hydrogen-bond donors (Lipinski definition) is 3. The number of fused-ring (bicyclic) bond motifs is 1. The van der Waals surface area contributed by atoms with Gasteiger partial charge in [-0.3, -0.25) is 4.79 Å². The van der Waals surface area contributed by atoms with Crippen molar-refractivity contribution in [3.05, 3.63) is 52.8 Å². The van der Waals surface area contributed by atoms with Crippen LogP contribution in [-0.4, -0.2) is 24.2 Å². The van der Waals surface area contributed by atoms with Crippen LogP contribution in [0.4, 0.5) is 18.9 Å². The highest BCUT2D eigenvalue weighted by Gasteiger charge is 2.44. The van der Waals surface area contributed by atoms with Gasteiger partial charge in [-0.2, -0.15) is 13.2 Å². The van der Waals surface area contributed by atoms with Gasteiger partial charge < -0.3 is 10.7 Å². The fraction of sp³-hybridized carbons (Fsp3) is 0.125. The normalized spacial score (nSPS) is 12.5. The molecule has 27 heavy (non-hydrogen) atoms. The molecule has 2 aromatic carbocycles. The third kappa shape index (κ3) is 3.15. The molecule has 5 N–H and O–H groups in total. The summed E-state index contributed by atoms with van der Waals surface area (Å²) in [5.74, 6) is -0.900. The molecule has 0 atom stereocenters. The Labute approximate surface area is 151 Å². The molecule has 0 aliphatic carbocycles. The lowest BCUT2D eigenvalue weighted by Gasteiger charge is -2.18. The van der Waals surface area contributed by atoms with Crippen LogP contribution in [0.25, 0.3) is 11.0 Å². The predicted molar refractivity (Wildman–Crippen MR) is 91.5 cm³/mol. The Morgan fingerprint density at radius 1 is 1.19 bits per heavy atom. The van der Waals surface area contributed by atoms with Crippen LogP contribution in [0.1, 0.15) is 27.3 Å². The van der Waals surface area contributed by atoms with E-state index in [1.54, 1.807) is 6.07 Å². The van der Waals surface area contributed by atoms with Gasteiger partial charge in [0, 0.05) is 5.56 Å². The highest BCUT2D eigenvalue weighted by molar-refractivity contribution is 7.89. The fourth-order valence-electron chi connectivity index (χ4n) is 2.87. The van der Waals surface area contributed by atoms with E-state index in [-0.39, 0.29) is 22.4 Å². The SMILES string of the molecule is Cc1nc2c(C(=O)c3ccccc3)c(C(F)(F)F)c(S(N)(=O)=O)c(N)c2[nH]1. The zero-order valence-corrected chi connectivity index (χ0v) is 14.6. The van der Waals surface area contributed by atoms with Crippen LogP contribution in [0.2, 0.25) is 0 Å². The van der Waals surface area contributed by atoms with Crippen LogP contribution in [0, 0.1) is 6.92 Å². The third-order valence-corrected chi connectivity index (χ3v) is 4.87. The Kier molecular flexibility index (Phi) is 4.23. The number of anilines is 1. The summed E-state index contributed by atoms with van der Waals surface area (Å²) >= 11 is 0. The molecule has 0 fully saturated rings. The van der Waals surface area contributed by atoms with Gasteiger partial charge in [0.05, 0.1) is 22.3 Å². The van der Waals surface area contributed by atoms with Crippen molar-refractivity contribution in [2.75, 3.05) is 5.73 Å². The fourth-order valence-corrected chi connectivity index (χ4v) is 3.78. The summed E-state index contributed by atoms with van der Waals surface area (Å²) in [4.78, 5) is 18.1. The van der Waals surface area contributed by atoms with Crippen molar-refractivity contribution in [3.63, 3.8) is 0 Å². The maximum Gasteiger partial charge on any atom is 0.418 e. The number of imidazole rings is 1. The van der Waals surface area contributed by atoms with Gasteiger partial charge in [0.25, 0.3) is 0 Å². The number of sulfonamides is 1. The average Bonchev–Trinajstić information content (AvgIpc) is 2.94. The molecule has 0 saturated carbocycles. The molecule has 142 valence electrons. The van der Waals surface area contributed by atoms with E-state index >= 15 is 0 Å². The first-order valence-corrected chi connectivity index (χ1v) is 8.99. The Morgan fingerprint density at radius 2 is 1.78 bits per heavy atom. The van der Waals surface area contributed by atoms with Crippen molar-refractivity contribution in [1.82, 2.24) is 9.97 Å². The van der Waals surface area contributed by atoms with Crippen molar-refractivity contribution in [3.8, 4) is 0 Å². The molecule has 0 unspecified atom stereocenters. The van der Waals surface area contributed by atoms with Crippen LogP contribution in [0.15, 0.2) is 35.2 Å². The smallest absolute Gasteiger partial charge is 0.396 e. The molecule has 0 aliphatic heterocycles. The number of nitrogens with two attached hydrogens (primary N) is 2. The average molecular weight is 398 g/mol. The molecular weight excluding hydrogens is 385 g/mol. The molecule has 11 heteroatoms. The first kappa shape index (κ1) is 18.9. The number of nitrogen functional groups attached to an aromatic ring is 1. The highest BCUT2D eigenvalue weighted by Crippen LogP contribution is 2.43. The van der Waals surface area contributed by atoms with E-state index in [0.29, 0.717) is 0 Å². The molecular formula is C16H13F3N4O3S. The number of benzene rings is 2. The largest absolute Gasteiger partial charge is 0.418 e. The first-order valence-electron chi connectivity index (χ1n) is 7.44. The maximum atomic E-state index is 13.9. The van der Waals surface area contributed by atoms with Crippen LogP contribution >= 0.6 is 0 Å². The summed E-state index contributed by atoms with van der Waals surface area (Å²) in [6.07, 6.45) is -5.23. The second-order valence-electron chi connectivity index (χ2n) is 5.78. The van der Waals surface area contributed by atoms with Gasteiger partial charge in [-0.15, -0.1) is 0 Å². The predicted octanol–water partition coefficient (Wildman–Crippen LogP) is 2.35. The van der Waals surface area contributed by atoms with E-state index in [9.17, 15) is 26.4 Å². The van der Waals surface area contributed by atoms with E-state index in [2.05, 4.69) is 9.97 Å². The Balaban J connectivity index is 2.58. The van der Waals surface area contributed by atoms with Gasteiger partial charge in [0.2, 0.25) is 10.0 Å². The molecule has 3 rings (SSSR count). The third-order valence-electron chi connectivity index (χ3n) is 3.88. The molecule has 0 amide bonds. The van der Waals surface area contributed by atoms with E-state index in [1.165, 1.54) is 31.2 Å². The number of carbonyl (C=O) groups excluding carboxylic acids is 1. The number of primary sulfonamides is 1. The monoisotopic (exact) mass is 398 g/mol. The molecule has 7 nitrogen and oxygen atoms in total. The van der Waals surface area contributed by atoms with Gasteiger partial charge >= 0.3 is 6.18 Å². The van der Waals surface area contributed by atoms with Gasteiger partial charge in [0.1, 0.15) is 16.2 Å². The number of alkyl halides is 3. The number of carbonyl (C=O) groups is 1. The standard InChI is InChI=1S/C16H13F3N4O3S/c1-7-22-12-9(14(24)8-5-3-2-4-6-8)10(16(17,18)19)15(27(21,25)26)11(20)13(12)23-7/h2-6H,20H2,1H3,(H,22,23)(H2,21,25,26). The number of hydrogen-bond acceptors (Lipinski definition) is 5. The quantitative estimate of drug-likeness (QED) is 0.460. The van der Waals surface area contributed by atoms with Gasteiger partial charge in [-0.25, -0.2) is 18.5 Å². The molecule has 3 aromatic rings. The molecule has 0 spiro atoms. The molecule has 0 aliphatic rings. The molecule has 0 bridgehead atoms. The van der Waals surface area contributed by atoms with Gasteiger partial charge in [-0.1, -0.05) is 30.3 Å². The van der Waals surface area contributed by atoms with Crippen molar-refractivity contribution in [1.29, 1.82) is 0 Å². The second kappa shape index (κ2) is 6.06. The van der Waals surface area contributed by atoms with E-state index in [4.69, 9.17) is 10.9 Å². The topological polar surface area (TPSA) is 132 Å². The lowest BCUT2D eigenvalue weighted by atomic mass is 9.95. The zero-order valence-electron chi connectivity index (χ0n) is 13.8. The van der Waals surface area contributed by atoms with Crippen LogP contribution in [-0.2, 0) is 16.2 Å². The summed E-state index contributed by atoms with van der Waals surface area (Å²) in [6.45, 7) is 1.43. The number of rotatable bonds is 3. The zero-order chi connectivity index (χ0) is 20.1.